The molecule has 8 nitrogen and oxygen atoms in total. The minimum Gasteiger partial charge on any atom is -0.497 e. The number of carbonyl (C=O) groups is 2. The number of nitrogens with one attached hydrogen (secondary N) is 1. The molecule has 1 aliphatic rings. The van der Waals surface area contributed by atoms with Gasteiger partial charge in [0.25, 0.3) is 10.0 Å². The van der Waals surface area contributed by atoms with Crippen molar-refractivity contribution in [1.82, 2.24) is 10.2 Å². The molecule has 1 atom stereocenters. The lowest BCUT2D eigenvalue weighted by Gasteiger charge is -2.32. The second kappa shape index (κ2) is 13.2. The van der Waals surface area contributed by atoms with E-state index in [2.05, 4.69) is 5.32 Å². The molecule has 218 valence electrons. The number of halogens is 1. The first-order valence-electron chi connectivity index (χ1n) is 13.7. The molecule has 1 N–H and O–H groups in total. The van der Waals surface area contributed by atoms with E-state index in [1.54, 1.807) is 61.5 Å². The molecule has 2 amide bonds. The highest BCUT2D eigenvalue weighted by atomic mass is 32.2. The van der Waals surface area contributed by atoms with Gasteiger partial charge in [0.05, 0.1) is 17.7 Å². The Kier molecular flexibility index (Phi) is 9.65. The van der Waals surface area contributed by atoms with Gasteiger partial charge < -0.3 is 15.0 Å². The van der Waals surface area contributed by atoms with E-state index in [0.29, 0.717) is 5.75 Å². The highest BCUT2D eigenvalue weighted by molar-refractivity contribution is 7.92. The van der Waals surface area contributed by atoms with Crippen LogP contribution in [0.5, 0.6) is 5.75 Å². The molecular formula is C31H36FN3O5S. The third kappa shape index (κ3) is 7.24. The molecule has 3 aromatic carbocycles. The van der Waals surface area contributed by atoms with Gasteiger partial charge in [0.2, 0.25) is 11.8 Å². The van der Waals surface area contributed by atoms with E-state index in [4.69, 9.17) is 4.74 Å². The Morgan fingerprint density at radius 1 is 1.00 bits per heavy atom. The maximum atomic E-state index is 14.7. The van der Waals surface area contributed by atoms with Gasteiger partial charge in [-0.1, -0.05) is 48.7 Å². The number of hydrogen-bond donors (Lipinski definition) is 1. The van der Waals surface area contributed by atoms with Crippen LogP contribution in [-0.2, 0) is 26.2 Å². The van der Waals surface area contributed by atoms with Gasteiger partial charge in [0.1, 0.15) is 24.2 Å². The van der Waals surface area contributed by atoms with Crippen LogP contribution in [0.15, 0.2) is 77.7 Å². The van der Waals surface area contributed by atoms with Crippen molar-refractivity contribution in [1.29, 1.82) is 0 Å². The average molecular weight is 582 g/mol. The predicted molar refractivity (Wildman–Crippen MR) is 156 cm³/mol. The van der Waals surface area contributed by atoms with E-state index in [1.165, 1.54) is 30.2 Å². The minimum atomic E-state index is -4.19. The standard InChI is InChI=1S/C31H36FN3O5S/c1-22-12-18-28(19-13-22)41(38,39)35(26-14-16-27(40-3)17-15-26)21-30(36)34(20-24-8-4-7-11-29(24)32)23(2)31(37)33-25-9-5-6-10-25/h4,7-8,11-19,23,25H,5-6,9-10,20-21H2,1-3H3,(H,33,37)/t23-/m0/s1. The van der Waals surface area contributed by atoms with Crippen LogP contribution in [0.25, 0.3) is 0 Å². The molecule has 0 aliphatic heterocycles. The fourth-order valence-corrected chi connectivity index (χ4v) is 6.31. The quantitative estimate of drug-likeness (QED) is 0.351. The van der Waals surface area contributed by atoms with Crippen LogP contribution in [0, 0.1) is 12.7 Å². The van der Waals surface area contributed by atoms with Crippen LogP contribution < -0.4 is 14.4 Å². The summed E-state index contributed by atoms with van der Waals surface area (Å²) in [5, 5.41) is 3.00. The molecule has 0 radical (unpaired) electrons. The van der Waals surface area contributed by atoms with Crippen molar-refractivity contribution in [3.8, 4) is 5.75 Å². The highest BCUT2D eigenvalue weighted by Gasteiger charge is 2.33. The maximum Gasteiger partial charge on any atom is 0.264 e. The summed E-state index contributed by atoms with van der Waals surface area (Å²) >= 11 is 0. The van der Waals surface area contributed by atoms with E-state index in [-0.39, 0.29) is 34.6 Å². The van der Waals surface area contributed by atoms with Crippen molar-refractivity contribution in [2.45, 2.75) is 63.1 Å². The van der Waals surface area contributed by atoms with Crippen LogP contribution in [-0.4, -0.2) is 50.9 Å². The monoisotopic (exact) mass is 581 g/mol. The number of rotatable bonds is 11. The summed E-state index contributed by atoms with van der Waals surface area (Å²) < 4.78 is 48.7. The Hall–Kier alpha value is -3.92. The zero-order valence-corrected chi connectivity index (χ0v) is 24.4. The Bertz CT molecular complexity index is 1460. The number of anilines is 1. The fourth-order valence-electron chi connectivity index (χ4n) is 4.90. The minimum absolute atomic E-state index is 0.0133. The van der Waals surface area contributed by atoms with Crippen LogP contribution in [0.4, 0.5) is 10.1 Å². The predicted octanol–water partition coefficient (Wildman–Crippen LogP) is 4.81. The molecule has 4 rings (SSSR count). The lowest BCUT2D eigenvalue weighted by Crippen LogP contribution is -2.52. The summed E-state index contributed by atoms with van der Waals surface area (Å²) in [5.74, 6) is -1.01. The van der Waals surface area contributed by atoms with Crippen LogP contribution in [0.2, 0.25) is 0 Å². The van der Waals surface area contributed by atoms with Crippen LogP contribution in [0.1, 0.15) is 43.7 Å². The first kappa shape index (κ1) is 30.0. The number of methoxy groups -OCH3 is 1. The average Bonchev–Trinajstić information content (AvgIpc) is 3.48. The largest absolute Gasteiger partial charge is 0.497 e. The maximum absolute atomic E-state index is 14.7. The van der Waals surface area contributed by atoms with Crippen molar-refractivity contribution in [2.75, 3.05) is 18.0 Å². The van der Waals surface area contributed by atoms with Gasteiger partial charge in [-0.3, -0.25) is 13.9 Å². The van der Waals surface area contributed by atoms with Gasteiger partial charge in [0.15, 0.2) is 0 Å². The number of ether oxygens (including phenoxy) is 1. The number of amides is 2. The third-order valence-corrected chi connectivity index (χ3v) is 9.20. The number of nitrogens with zero attached hydrogens (tertiary/aromatic N) is 2. The second-order valence-corrected chi connectivity index (χ2v) is 12.2. The molecule has 10 heteroatoms. The summed E-state index contributed by atoms with van der Waals surface area (Å²) in [6, 6.07) is 17.7. The Morgan fingerprint density at radius 2 is 1.63 bits per heavy atom. The molecule has 41 heavy (non-hydrogen) atoms. The van der Waals surface area contributed by atoms with Crippen molar-refractivity contribution in [3.63, 3.8) is 0 Å². The SMILES string of the molecule is COc1ccc(N(CC(=O)N(Cc2ccccc2F)[C@@H](C)C(=O)NC2CCCC2)S(=O)(=O)c2ccc(C)cc2)cc1. The van der Waals surface area contributed by atoms with E-state index < -0.39 is 34.3 Å². The molecule has 0 spiro atoms. The molecule has 0 unspecified atom stereocenters. The van der Waals surface area contributed by atoms with Crippen LogP contribution >= 0.6 is 0 Å². The Morgan fingerprint density at radius 3 is 2.24 bits per heavy atom. The normalized spacial score (nSPS) is 14.3. The van der Waals surface area contributed by atoms with E-state index in [9.17, 15) is 22.4 Å². The van der Waals surface area contributed by atoms with E-state index in [1.807, 2.05) is 6.92 Å². The summed E-state index contributed by atoms with van der Waals surface area (Å²) in [6.45, 7) is 2.62. The molecule has 3 aromatic rings. The zero-order valence-electron chi connectivity index (χ0n) is 23.5. The summed E-state index contributed by atoms with van der Waals surface area (Å²) in [4.78, 5) is 28.5. The van der Waals surface area contributed by atoms with Gasteiger partial charge in [-0.25, -0.2) is 12.8 Å². The molecule has 1 aliphatic carbocycles. The summed E-state index contributed by atoms with van der Waals surface area (Å²) in [7, 11) is -2.70. The molecular weight excluding hydrogens is 545 g/mol. The van der Waals surface area contributed by atoms with Gasteiger partial charge >= 0.3 is 0 Å². The zero-order chi connectivity index (χ0) is 29.6. The Labute approximate surface area is 241 Å². The van der Waals surface area contributed by atoms with E-state index >= 15 is 0 Å². The molecule has 1 saturated carbocycles. The van der Waals surface area contributed by atoms with Gasteiger partial charge in [-0.15, -0.1) is 0 Å². The number of benzene rings is 3. The first-order chi connectivity index (χ1) is 19.6. The van der Waals surface area contributed by atoms with Gasteiger partial charge in [-0.05, 0) is 69.2 Å². The number of carbonyl (C=O) groups excluding carboxylic acids is 2. The number of aryl methyl sites for hydroxylation is 1. The second-order valence-electron chi connectivity index (χ2n) is 10.3. The third-order valence-electron chi connectivity index (χ3n) is 7.42. The molecule has 0 heterocycles. The molecule has 0 bridgehead atoms. The fraction of sp³-hybridized carbons (Fsp3) is 0.355. The molecule has 0 aromatic heterocycles. The van der Waals surface area contributed by atoms with Crippen molar-refractivity contribution < 1.29 is 27.1 Å². The topological polar surface area (TPSA) is 96.0 Å². The van der Waals surface area contributed by atoms with E-state index in [0.717, 1.165) is 35.6 Å². The summed E-state index contributed by atoms with van der Waals surface area (Å²) in [6.07, 6.45) is 3.76. The number of hydrogen-bond acceptors (Lipinski definition) is 5. The first-order valence-corrected chi connectivity index (χ1v) is 15.1. The highest BCUT2D eigenvalue weighted by Crippen LogP contribution is 2.27. The van der Waals surface area contributed by atoms with Gasteiger partial charge in [-0.2, -0.15) is 0 Å². The lowest BCUT2D eigenvalue weighted by atomic mass is 10.1. The van der Waals surface area contributed by atoms with Crippen molar-refractivity contribution in [2.24, 2.45) is 0 Å². The summed E-state index contributed by atoms with van der Waals surface area (Å²) in [5.41, 5.74) is 1.35. The smallest absolute Gasteiger partial charge is 0.264 e. The lowest BCUT2D eigenvalue weighted by molar-refractivity contribution is -0.139. The Balaban J connectivity index is 1.69. The van der Waals surface area contributed by atoms with Crippen molar-refractivity contribution >= 4 is 27.5 Å². The molecule has 0 saturated heterocycles. The van der Waals surface area contributed by atoms with Crippen LogP contribution in [0.3, 0.4) is 0 Å². The van der Waals surface area contributed by atoms with Gasteiger partial charge in [0, 0.05) is 18.2 Å². The van der Waals surface area contributed by atoms with Crippen molar-refractivity contribution in [3.05, 3.63) is 89.7 Å². The number of sulfonamides is 1. The molecule has 1 fully saturated rings.